The maximum absolute atomic E-state index is 12.8. The van der Waals surface area contributed by atoms with Crippen LogP contribution in [0.25, 0.3) is 10.2 Å². The Balaban J connectivity index is 1.40. The number of likely N-dealkylation sites (tertiary alicyclic amines) is 1. The monoisotopic (exact) mass is 454 g/mol. The van der Waals surface area contributed by atoms with Crippen molar-refractivity contribution in [2.24, 2.45) is 13.0 Å². The predicted molar refractivity (Wildman–Crippen MR) is 113 cm³/mol. The Hall–Kier alpha value is -1.85. The molecule has 6 nitrogen and oxygen atoms in total. The first kappa shape index (κ1) is 20.1. The first-order valence-electron chi connectivity index (χ1n) is 9.71. The fraction of sp³-hybridized carbons (Fsp3) is 0.526. The van der Waals surface area contributed by atoms with Crippen LogP contribution in [0.3, 0.4) is 0 Å². The number of fused-ring (bicyclic) bond motifs is 2. The number of hydrogen-bond donors (Lipinski definition) is 1. The smallest absolute Gasteiger partial charge is 0.353 e. The van der Waals surface area contributed by atoms with Gasteiger partial charge < -0.3 is 4.90 Å². The molecule has 2 aliphatic heterocycles. The minimum Gasteiger partial charge on any atom is -0.353 e. The van der Waals surface area contributed by atoms with Gasteiger partial charge in [0.1, 0.15) is 17.0 Å². The quantitative estimate of drug-likeness (QED) is 0.612. The molecule has 0 N–H and O–H groups in total. The number of thiol groups is 1. The molecule has 2 saturated heterocycles. The zero-order valence-electron chi connectivity index (χ0n) is 16.3. The molecule has 0 unspecified atom stereocenters. The number of alkyl halides is 3. The fourth-order valence-corrected chi connectivity index (χ4v) is 6.23. The van der Waals surface area contributed by atoms with Gasteiger partial charge in [0.05, 0.1) is 22.9 Å². The molecule has 3 aromatic heterocycles. The van der Waals surface area contributed by atoms with Crippen LogP contribution in [0.1, 0.15) is 16.9 Å². The molecule has 30 heavy (non-hydrogen) atoms. The second-order valence-electron chi connectivity index (χ2n) is 8.11. The number of rotatable bonds is 4. The molecule has 2 atom stereocenters. The summed E-state index contributed by atoms with van der Waals surface area (Å²) in [6, 6.07) is 1.59. The van der Waals surface area contributed by atoms with Crippen molar-refractivity contribution < 1.29 is 13.2 Å². The van der Waals surface area contributed by atoms with Gasteiger partial charge in [-0.2, -0.15) is 30.9 Å². The molecule has 0 radical (unpaired) electrons. The number of halogens is 3. The van der Waals surface area contributed by atoms with Gasteiger partial charge in [-0.3, -0.25) is 9.58 Å². The fourth-order valence-electron chi connectivity index (χ4n) is 4.65. The number of hydrogen-bond acceptors (Lipinski definition) is 7. The van der Waals surface area contributed by atoms with Crippen molar-refractivity contribution in [2.45, 2.75) is 30.4 Å². The normalized spacial score (nSPS) is 24.8. The van der Waals surface area contributed by atoms with Crippen LogP contribution < -0.4 is 4.90 Å². The molecule has 11 heteroatoms. The Morgan fingerprint density at radius 3 is 2.90 bits per heavy atom. The first-order chi connectivity index (χ1) is 14.2. The Labute approximate surface area is 181 Å². The Bertz CT molecular complexity index is 1080. The average Bonchev–Trinajstić information content (AvgIpc) is 3.38. The summed E-state index contributed by atoms with van der Waals surface area (Å²) in [6.07, 6.45) is 1.18. The summed E-state index contributed by atoms with van der Waals surface area (Å²) in [6.45, 7) is 3.18. The van der Waals surface area contributed by atoms with Crippen molar-refractivity contribution in [1.29, 1.82) is 0 Å². The molecule has 160 valence electrons. The molecule has 3 aromatic rings. The number of aryl methyl sites for hydroxylation is 1. The molecule has 0 bridgehead atoms. The lowest BCUT2D eigenvalue weighted by atomic mass is 10.0. The molecule has 2 aliphatic rings. The second kappa shape index (κ2) is 7.10. The largest absolute Gasteiger partial charge is 0.393 e. The van der Waals surface area contributed by atoms with Gasteiger partial charge >= 0.3 is 6.18 Å². The summed E-state index contributed by atoms with van der Waals surface area (Å²) in [5.74, 6) is 1.06. The highest BCUT2D eigenvalue weighted by Gasteiger charge is 2.52. The Morgan fingerprint density at radius 1 is 1.33 bits per heavy atom. The molecule has 0 aromatic carbocycles. The highest BCUT2D eigenvalue weighted by Crippen LogP contribution is 2.46. The van der Waals surface area contributed by atoms with E-state index in [1.54, 1.807) is 10.7 Å². The molecule has 5 rings (SSSR count). The zero-order valence-corrected chi connectivity index (χ0v) is 18.0. The van der Waals surface area contributed by atoms with Gasteiger partial charge in [-0.15, -0.1) is 11.3 Å². The lowest BCUT2D eigenvalue weighted by Gasteiger charge is -2.34. The van der Waals surface area contributed by atoms with Gasteiger partial charge in [0, 0.05) is 55.8 Å². The summed E-state index contributed by atoms with van der Waals surface area (Å²) in [5.41, 5.74) is 1.14. The van der Waals surface area contributed by atoms with Crippen molar-refractivity contribution in [3.8, 4) is 0 Å². The third kappa shape index (κ3) is 3.56. The lowest BCUT2D eigenvalue weighted by Crippen LogP contribution is -2.44. The van der Waals surface area contributed by atoms with E-state index in [1.165, 1.54) is 6.33 Å². The van der Waals surface area contributed by atoms with Gasteiger partial charge in [0.2, 0.25) is 0 Å². The number of nitrogens with zero attached hydrogens (tertiary/aromatic N) is 6. The summed E-state index contributed by atoms with van der Waals surface area (Å²) in [4.78, 5) is 13.7. The minimum atomic E-state index is -4.24. The summed E-state index contributed by atoms with van der Waals surface area (Å²) in [5, 5.41) is 4.94. The average molecular weight is 455 g/mol. The van der Waals surface area contributed by atoms with Gasteiger partial charge in [-0.25, -0.2) is 9.97 Å². The predicted octanol–water partition coefficient (Wildman–Crippen LogP) is 3.50. The minimum absolute atomic E-state index is 0.262. The Kier molecular flexibility index (Phi) is 4.75. The SMILES string of the molecule is Cn1cc(CN2CC[C@H]3CN(c4ncnc5sc(CC(F)(F)F)cc45)C[C@]32S)cn1. The molecule has 0 saturated carbocycles. The number of thiophene rings is 1. The summed E-state index contributed by atoms with van der Waals surface area (Å²) < 4.78 is 40.3. The maximum atomic E-state index is 12.8. The van der Waals surface area contributed by atoms with Crippen LogP contribution in [0.4, 0.5) is 19.0 Å². The molecule has 2 fully saturated rings. The van der Waals surface area contributed by atoms with Crippen LogP contribution in [0.5, 0.6) is 0 Å². The van der Waals surface area contributed by atoms with Crippen molar-refractivity contribution in [3.63, 3.8) is 0 Å². The van der Waals surface area contributed by atoms with E-state index < -0.39 is 12.6 Å². The zero-order chi connectivity index (χ0) is 21.1. The van der Waals surface area contributed by atoms with E-state index in [9.17, 15) is 13.2 Å². The van der Waals surface area contributed by atoms with Gasteiger partial charge in [-0.1, -0.05) is 0 Å². The van der Waals surface area contributed by atoms with E-state index in [4.69, 9.17) is 12.6 Å². The lowest BCUT2D eigenvalue weighted by molar-refractivity contribution is -0.126. The molecule has 0 aliphatic carbocycles. The van der Waals surface area contributed by atoms with Crippen LogP contribution >= 0.6 is 24.0 Å². The molecule has 0 amide bonds. The van der Waals surface area contributed by atoms with Crippen molar-refractivity contribution in [3.05, 3.63) is 35.2 Å². The molecule has 0 spiro atoms. The first-order valence-corrected chi connectivity index (χ1v) is 11.0. The highest BCUT2D eigenvalue weighted by molar-refractivity contribution is 7.81. The third-order valence-corrected chi connectivity index (χ3v) is 7.81. The van der Waals surface area contributed by atoms with Crippen molar-refractivity contribution in [2.75, 3.05) is 24.5 Å². The Morgan fingerprint density at radius 2 is 2.17 bits per heavy atom. The standard InChI is InChI=1S/C19H21F3N6S2/c1-26-7-12(6-25-26)8-28-3-2-13-9-27(10-18(13,28)29)16-15-4-14(5-19(20,21)22)30-17(15)24-11-23-16/h4,6-7,11,13,29H,2-3,5,8-10H2,1H3/t13-,18-/m0/s1. The second-order valence-corrected chi connectivity index (χ2v) is 10.00. The topological polar surface area (TPSA) is 50.1 Å². The van der Waals surface area contributed by atoms with Crippen LogP contribution in [-0.2, 0) is 20.0 Å². The van der Waals surface area contributed by atoms with Crippen molar-refractivity contribution >= 4 is 40.0 Å². The van der Waals surface area contributed by atoms with E-state index in [0.29, 0.717) is 28.5 Å². The van der Waals surface area contributed by atoms with Crippen LogP contribution in [0.15, 0.2) is 24.8 Å². The molecular formula is C19H21F3N6S2. The van der Waals surface area contributed by atoms with Crippen LogP contribution in [-0.4, -0.2) is 55.3 Å². The summed E-state index contributed by atoms with van der Waals surface area (Å²) in [7, 11) is 1.90. The molecular weight excluding hydrogens is 433 g/mol. The van der Waals surface area contributed by atoms with E-state index in [1.807, 2.05) is 19.4 Å². The maximum Gasteiger partial charge on any atom is 0.393 e. The number of aromatic nitrogens is 4. The van der Waals surface area contributed by atoms with Gasteiger partial charge in [0.15, 0.2) is 0 Å². The van der Waals surface area contributed by atoms with Crippen LogP contribution in [0.2, 0.25) is 0 Å². The molecule has 5 heterocycles. The highest BCUT2D eigenvalue weighted by atomic mass is 32.1. The van der Waals surface area contributed by atoms with E-state index >= 15 is 0 Å². The van der Waals surface area contributed by atoms with E-state index in [-0.39, 0.29) is 9.75 Å². The van der Waals surface area contributed by atoms with E-state index in [2.05, 4.69) is 24.9 Å². The third-order valence-electron chi connectivity index (χ3n) is 5.98. The van der Waals surface area contributed by atoms with Gasteiger partial charge in [0.25, 0.3) is 0 Å². The summed E-state index contributed by atoms with van der Waals surface area (Å²) >= 11 is 6.19. The van der Waals surface area contributed by atoms with Gasteiger partial charge in [-0.05, 0) is 12.5 Å². The van der Waals surface area contributed by atoms with E-state index in [0.717, 1.165) is 43.0 Å². The van der Waals surface area contributed by atoms with Crippen molar-refractivity contribution in [1.82, 2.24) is 24.6 Å². The number of anilines is 1. The van der Waals surface area contributed by atoms with Crippen LogP contribution in [0, 0.1) is 5.92 Å².